The van der Waals surface area contributed by atoms with Crippen LogP contribution in [-0.4, -0.2) is 11.1 Å². The molecular formula is C19H20O2. The predicted molar refractivity (Wildman–Crippen MR) is 85.5 cm³/mol. The van der Waals surface area contributed by atoms with E-state index in [0.29, 0.717) is 5.57 Å². The molecule has 0 heterocycles. The van der Waals surface area contributed by atoms with Crippen molar-refractivity contribution >= 4 is 5.97 Å². The Labute approximate surface area is 125 Å². The van der Waals surface area contributed by atoms with Crippen LogP contribution < -0.4 is 0 Å². The van der Waals surface area contributed by atoms with Crippen LogP contribution in [0.2, 0.25) is 0 Å². The standard InChI is InChI=1S/C19H20O2/c1-3-15-9-11-17(12-10-15)18(13-14(2)19(20)21)16-7-5-4-6-8-16/h4-13,18H,3H2,1-2H3,(H,20,21)/b14-13+. The lowest BCUT2D eigenvalue weighted by Gasteiger charge is -2.15. The fourth-order valence-electron chi connectivity index (χ4n) is 2.33. The Morgan fingerprint density at radius 1 is 1.05 bits per heavy atom. The molecule has 0 aromatic heterocycles. The van der Waals surface area contributed by atoms with Gasteiger partial charge >= 0.3 is 5.97 Å². The van der Waals surface area contributed by atoms with Gasteiger partial charge in [-0.25, -0.2) is 4.79 Å². The van der Waals surface area contributed by atoms with Gasteiger partial charge in [-0.2, -0.15) is 0 Å². The van der Waals surface area contributed by atoms with Gasteiger partial charge in [-0.3, -0.25) is 0 Å². The molecule has 2 nitrogen and oxygen atoms in total. The van der Waals surface area contributed by atoms with Crippen molar-refractivity contribution in [2.24, 2.45) is 0 Å². The number of hydrogen-bond acceptors (Lipinski definition) is 1. The molecule has 1 N–H and O–H groups in total. The van der Waals surface area contributed by atoms with Crippen molar-refractivity contribution in [3.8, 4) is 0 Å². The molecular weight excluding hydrogens is 260 g/mol. The molecule has 0 radical (unpaired) electrons. The molecule has 0 amide bonds. The maximum absolute atomic E-state index is 11.1. The van der Waals surface area contributed by atoms with Crippen LogP contribution in [0.25, 0.3) is 0 Å². The molecule has 2 aromatic carbocycles. The second kappa shape index (κ2) is 6.89. The molecule has 108 valence electrons. The van der Waals surface area contributed by atoms with Crippen molar-refractivity contribution in [3.63, 3.8) is 0 Å². The van der Waals surface area contributed by atoms with E-state index in [-0.39, 0.29) is 5.92 Å². The minimum absolute atomic E-state index is 0.0341. The van der Waals surface area contributed by atoms with Gasteiger partial charge in [0.25, 0.3) is 0 Å². The zero-order valence-corrected chi connectivity index (χ0v) is 12.4. The summed E-state index contributed by atoms with van der Waals surface area (Å²) in [6.07, 6.45) is 2.82. The second-order valence-corrected chi connectivity index (χ2v) is 5.14. The Morgan fingerprint density at radius 2 is 1.62 bits per heavy atom. The maximum atomic E-state index is 11.1. The Kier molecular flexibility index (Phi) is 4.94. The molecule has 0 aliphatic rings. The van der Waals surface area contributed by atoms with Crippen LogP contribution in [0, 0.1) is 0 Å². The van der Waals surface area contributed by atoms with Gasteiger partial charge in [-0.1, -0.05) is 67.6 Å². The molecule has 21 heavy (non-hydrogen) atoms. The van der Waals surface area contributed by atoms with E-state index in [9.17, 15) is 4.79 Å². The minimum atomic E-state index is -0.874. The molecule has 0 saturated heterocycles. The number of rotatable bonds is 5. The number of hydrogen-bond donors (Lipinski definition) is 1. The smallest absolute Gasteiger partial charge is 0.330 e. The maximum Gasteiger partial charge on any atom is 0.330 e. The third-order valence-corrected chi connectivity index (χ3v) is 3.66. The highest BCUT2D eigenvalue weighted by atomic mass is 16.4. The van der Waals surface area contributed by atoms with Crippen LogP contribution in [0.15, 0.2) is 66.2 Å². The van der Waals surface area contributed by atoms with E-state index in [1.807, 2.05) is 36.4 Å². The molecule has 0 aliphatic carbocycles. The average Bonchev–Trinajstić information content (AvgIpc) is 2.53. The number of aliphatic carboxylic acids is 1. The van der Waals surface area contributed by atoms with Gasteiger partial charge in [-0.05, 0) is 30.0 Å². The van der Waals surface area contributed by atoms with Crippen LogP contribution in [-0.2, 0) is 11.2 Å². The number of carbonyl (C=O) groups is 1. The zero-order valence-electron chi connectivity index (χ0n) is 12.4. The van der Waals surface area contributed by atoms with Gasteiger partial charge in [0.05, 0.1) is 0 Å². The molecule has 0 aliphatic heterocycles. The first kappa shape index (κ1) is 15.0. The van der Waals surface area contributed by atoms with Gasteiger partial charge in [0.15, 0.2) is 0 Å². The first-order chi connectivity index (χ1) is 10.1. The van der Waals surface area contributed by atoms with Crippen molar-refractivity contribution in [2.75, 3.05) is 0 Å². The van der Waals surface area contributed by atoms with Crippen molar-refractivity contribution in [2.45, 2.75) is 26.2 Å². The third-order valence-electron chi connectivity index (χ3n) is 3.66. The first-order valence-electron chi connectivity index (χ1n) is 7.17. The fraction of sp³-hybridized carbons (Fsp3) is 0.211. The molecule has 0 fully saturated rings. The molecule has 2 rings (SSSR count). The van der Waals surface area contributed by atoms with Crippen molar-refractivity contribution in [1.82, 2.24) is 0 Å². The molecule has 2 aromatic rings. The van der Waals surface area contributed by atoms with E-state index in [1.54, 1.807) is 6.92 Å². The highest BCUT2D eigenvalue weighted by Crippen LogP contribution is 2.27. The lowest BCUT2D eigenvalue weighted by atomic mass is 9.89. The van der Waals surface area contributed by atoms with Gasteiger partial charge in [0.2, 0.25) is 0 Å². The van der Waals surface area contributed by atoms with E-state index >= 15 is 0 Å². The summed E-state index contributed by atoms with van der Waals surface area (Å²) in [4.78, 5) is 11.1. The van der Waals surface area contributed by atoms with E-state index in [1.165, 1.54) is 5.56 Å². The van der Waals surface area contributed by atoms with Crippen molar-refractivity contribution in [3.05, 3.63) is 82.9 Å². The number of allylic oxidation sites excluding steroid dienone is 1. The molecule has 1 unspecified atom stereocenters. The van der Waals surface area contributed by atoms with Crippen LogP contribution in [0.3, 0.4) is 0 Å². The van der Waals surface area contributed by atoms with Crippen LogP contribution in [0.5, 0.6) is 0 Å². The van der Waals surface area contributed by atoms with Crippen LogP contribution in [0.1, 0.15) is 36.5 Å². The summed E-state index contributed by atoms with van der Waals surface area (Å²) in [6, 6.07) is 18.4. The summed E-state index contributed by atoms with van der Waals surface area (Å²) >= 11 is 0. The highest BCUT2D eigenvalue weighted by molar-refractivity contribution is 5.86. The highest BCUT2D eigenvalue weighted by Gasteiger charge is 2.13. The molecule has 0 bridgehead atoms. The molecule has 2 heteroatoms. The Morgan fingerprint density at radius 3 is 2.14 bits per heavy atom. The summed E-state index contributed by atoms with van der Waals surface area (Å²) < 4.78 is 0. The van der Waals surface area contributed by atoms with Gasteiger partial charge in [0.1, 0.15) is 0 Å². The quantitative estimate of drug-likeness (QED) is 0.824. The van der Waals surface area contributed by atoms with Crippen LogP contribution in [0.4, 0.5) is 0 Å². The Hall–Kier alpha value is -2.35. The number of benzene rings is 2. The molecule has 1 atom stereocenters. The summed E-state index contributed by atoms with van der Waals surface area (Å²) in [5.74, 6) is -0.908. The lowest BCUT2D eigenvalue weighted by molar-refractivity contribution is -0.132. The normalized spacial score (nSPS) is 13.0. The average molecular weight is 280 g/mol. The SMILES string of the molecule is CCc1ccc(C(/C=C(\C)C(=O)O)c2ccccc2)cc1. The molecule has 0 spiro atoms. The number of aryl methyl sites for hydroxylation is 1. The largest absolute Gasteiger partial charge is 0.478 e. The zero-order chi connectivity index (χ0) is 15.2. The van der Waals surface area contributed by atoms with Gasteiger partial charge < -0.3 is 5.11 Å². The lowest BCUT2D eigenvalue weighted by Crippen LogP contribution is -2.03. The van der Waals surface area contributed by atoms with Crippen molar-refractivity contribution in [1.29, 1.82) is 0 Å². The van der Waals surface area contributed by atoms with Gasteiger partial charge in [-0.15, -0.1) is 0 Å². The van der Waals surface area contributed by atoms with Crippen LogP contribution >= 0.6 is 0 Å². The topological polar surface area (TPSA) is 37.3 Å². The summed E-state index contributed by atoms with van der Waals surface area (Å²) in [5.41, 5.74) is 3.86. The second-order valence-electron chi connectivity index (χ2n) is 5.14. The predicted octanol–water partition coefficient (Wildman–Crippen LogP) is 4.41. The first-order valence-corrected chi connectivity index (χ1v) is 7.17. The number of carboxylic acids is 1. The van der Waals surface area contributed by atoms with E-state index < -0.39 is 5.97 Å². The fourth-order valence-corrected chi connectivity index (χ4v) is 2.33. The van der Waals surface area contributed by atoms with E-state index in [4.69, 9.17) is 5.11 Å². The molecule has 0 saturated carbocycles. The Balaban J connectivity index is 2.44. The Bertz CT molecular complexity index is 624. The summed E-state index contributed by atoms with van der Waals surface area (Å²) in [6.45, 7) is 3.76. The number of carboxylic acid groups (broad SMARTS) is 1. The summed E-state index contributed by atoms with van der Waals surface area (Å²) in [7, 11) is 0. The minimum Gasteiger partial charge on any atom is -0.478 e. The van der Waals surface area contributed by atoms with Gasteiger partial charge in [0, 0.05) is 11.5 Å². The van der Waals surface area contributed by atoms with Crippen molar-refractivity contribution < 1.29 is 9.90 Å². The monoisotopic (exact) mass is 280 g/mol. The summed E-state index contributed by atoms with van der Waals surface area (Å²) in [5, 5.41) is 9.14. The van der Waals surface area contributed by atoms with E-state index in [0.717, 1.165) is 17.5 Å². The van der Waals surface area contributed by atoms with E-state index in [2.05, 4.69) is 31.2 Å². The third kappa shape index (κ3) is 3.82.